The third-order valence-electron chi connectivity index (χ3n) is 1.99. The predicted molar refractivity (Wildman–Crippen MR) is 58.5 cm³/mol. The average molecular weight is 274 g/mol. The number of hydrogen-bond acceptors (Lipinski definition) is 2. The van der Waals surface area contributed by atoms with E-state index in [1.54, 1.807) is 0 Å². The van der Waals surface area contributed by atoms with Crippen LogP contribution in [0.3, 0.4) is 0 Å². The summed E-state index contributed by atoms with van der Waals surface area (Å²) < 4.78 is 6.27. The fourth-order valence-corrected chi connectivity index (χ4v) is 1.89. The Morgan fingerprint density at radius 3 is 3.00 bits per heavy atom. The molecule has 0 saturated carbocycles. The Kier molecular flexibility index (Phi) is 2.61. The van der Waals surface area contributed by atoms with Crippen molar-refractivity contribution in [1.29, 1.82) is 0 Å². The minimum Gasteiger partial charge on any atom is -0.488 e. The predicted octanol–water partition coefficient (Wildman–Crippen LogP) is 2.99. The maximum absolute atomic E-state index is 10.6. The molecule has 1 aliphatic heterocycles. The molecule has 0 unspecified atom stereocenters. The highest BCUT2D eigenvalue weighted by molar-refractivity contribution is 9.10. The standard InChI is InChI=1S/C10H6BrClO2/c11-7-1-2-9-8(3-7)10(12)6(4-13)5-14-9/h1-4H,5H2. The molecule has 0 aliphatic carbocycles. The van der Waals surface area contributed by atoms with Gasteiger partial charge in [0.25, 0.3) is 0 Å². The highest BCUT2D eigenvalue weighted by Crippen LogP contribution is 2.36. The third-order valence-corrected chi connectivity index (χ3v) is 2.93. The van der Waals surface area contributed by atoms with Crippen molar-refractivity contribution >= 4 is 38.8 Å². The molecule has 72 valence electrons. The molecule has 14 heavy (non-hydrogen) atoms. The highest BCUT2D eigenvalue weighted by Gasteiger charge is 2.18. The van der Waals surface area contributed by atoms with E-state index < -0.39 is 0 Å². The smallest absolute Gasteiger partial charge is 0.150 e. The van der Waals surface area contributed by atoms with Crippen LogP contribution >= 0.6 is 27.5 Å². The molecule has 0 aromatic heterocycles. The van der Waals surface area contributed by atoms with Crippen LogP contribution in [0.25, 0.3) is 5.03 Å². The number of benzene rings is 1. The highest BCUT2D eigenvalue weighted by atomic mass is 79.9. The van der Waals surface area contributed by atoms with Crippen molar-refractivity contribution in [1.82, 2.24) is 0 Å². The molecule has 0 N–H and O–H groups in total. The molecule has 0 spiro atoms. The Bertz CT molecular complexity index is 426. The first-order chi connectivity index (χ1) is 6.72. The molecule has 0 fully saturated rings. The van der Waals surface area contributed by atoms with Gasteiger partial charge < -0.3 is 4.74 Å². The van der Waals surface area contributed by atoms with Crippen LogP contribution in [0.2, 0.25) is 0 Å². The lowest BCUT2D eigenvalue weighted by Crippen LogP contribution is -2.10. The fourth-order valence-electron chi connectivity index (χ4n) is 1.28. The maximum atomic E-state index is 10.6. The Labute approximate surface area is 94.6 Å². The van der Waals surface area contributed by atoms with Crippen molar-refractivity contribution in [2.45, 2.75) is 0 Å². The van der Waals surface area contributed by atoms with Gasteiger partial charge in [-0.05, 0) is 18.2 Å². The number of halogens is 2. The molecule has 1 aromatic rings. The van der Waals surface area contributed by atoms with Gasteiger partial charge >= 0.3 is 0 Å². The summed E-state index contributed by atoms with van der Waals surface area (Å²) in [5, 5.41) is 0.475. The van der Waals surface area contributed by atoms with Crippen molar-refractivity contribution in [2.75, 3.05) is 6.61 Å². The number of hydrogen-bond donors (Lipinski definition) is 0. The van der Waals surface area contributed by atoms with Crippen LogP contribution < -0.4 is 4.74 Å². The van der Waals surface area contributed by atoms with Crippen molar-refractivity contribution in [3.8, 4) is 5.75 Å². The second-order valence-electron chi connectivity index (χ2n) is 2.89. The summed E-state index contributed by atoms with van der Waals surface area (Å²) in [5.41, 5.74) is 1.24. The van der Waals surface area contributed by atoms with Gasteiger partial charge in [-0.2, -0.15) is 0 Å². The van der Waals surface area contributed by atoms with E-state index in [0.29, 0.717) is 16.4 Å². The largest absolute Gasteiger partial charge is 0.488 e. The number of rotatable bonds is 1. The first-order valence-electron chi connectivity index (χ1n) is 3.99. The SMILES string of the molecule is O=CC1=C(Cl)c2cc(Br)ccc2OC1. The number of carbonyl (C=O) groups excluding carboxylic acids is 1. The van der Waals surface area contributed by atoms with Gasteiger partial charge in [0.2, 0.25) is 0 Å². The van der Waals surface area contributed by atoms with Crippen LogP contribution in [0, 0.1) is 0 Å². The molecule has 1 aromatic carbocycles. The summed E-state index contributed by atoms with van der Waals surface area (Å²) in [6.45, 7) is 0.247. The molecule has 0 atom stereocenters. The van der Waals surface area contributed by atoms with E-state index in [1.165, 1.54) is 0 Å². The van der Waals surface area contributed by atoms with Gasteiger partial charge in [-0.15, -0.1) is 0 Å². The van der Waals surface area contributed by atoms with Gasteiger partial charge in [-0.1, -0.05) is 27.5 Å². The number of fused-ring (bicyclic) bond motifs is 1. The van der Waals surface area contributed by atoms with Gasteiger partial charge in [0.15, 0.2) is 6.29 Å². The summed E-state index contributed by atoms with van der Waals surface area (Å²) in [6, 6.07) is 5.53. The number of carbonyl (C=O) groups is 1. The van der Waals surface area contributed by atoms with Crippen LogP contribution in [0.4, 0.5) is 0 Å². The lowest BCUT2D eigenvalue weighted by atomic mass is 10.1. The molecule has 0 bridgehead atoms. The van der Waals surface area contributed by atoms with E-state index >= 15 is 0 Å². The van der Waals surface area contributed by atoms with Gasteiger partial charge in [-0.25, -0.2) is 0 Å². The van der Waals surface area contributed by atoms with E-state index in [2.05, 4.69) is 15.9 Å². The molecular formula is C10H6BrClO2. The summed E-state index contributed by atoms with van der Waals surface area (Å²) in [5.74, 6) is 0.712. The monoisotopic (exact) mass is 272 g/mol. The molecule has 2 rings (SSSR count). The number of ether oxygens (including phenoxy) is 1. The summed E-state index contributed by atoms with van der Waals surface area (Å²) in [4.78, 5) is 10.6. The van der Waals surface area contributed by atoms with Gasteiger partial charge in [0.1, 0.15) is 12.4 Å². The minimum atomic E-state index is 0.247. The van der Waals surface area contributed by atoms with E-state index in [4.69, 9.17) is 16.3 Å². The Morgan fingerprint density at radius 1 is 1.50 bits per heavy atom. The van der Waals surface area contributed by atoms with Crippen LogP contribution in [0.5, 0.6) is 5.75 Å². The van der Waals surface area contributed by atoms with Gasteiger partial charge in [0, 0.05) is 15.6 Å². The normalized spacial score (nSPS) is 14.7. The van der Waals surface area contributed by atoms with Crippen LogP contribution in [-0.4, -0.2) is 12.9 Å². The topological polar surface area (TPSA) is 26.3 Å². The minimum absolute atomic E-state index is 0.247. The van der Waals surface area contributed by atoms with Crippen LogP contribution in [-0.2, 0) is 4.79 Å². The summed E-state index contributed by atoms with van der Waals surface area (Å²) >= 11 is 9.37. The molecular weight excluding hydrogens is 267 g/mol. The average Bonchev–Trinajstić information content (AvgIpc) is 2.20. The first-order valence-corrected chi connectivity index (χ1v) is 5.16. The van der Waals surface area contributed by atoms with Gasteiger partial charge in [0.05, 0.1) is 5.03 Å². The van der Waals surface area contributed by atoms with Crippen LogP contribution in [0.1, 0.15) is 5.56 Å². The number of aldehydes is 1. The van der Waals surface area contributed by atoms with E-state index in [9.17, 15) is 4.79 Å². The zero-order valence-corrected chi connectivity index (χ0v) is 9.43. The Balaban J connectivity index is 2.60. The van der Waals surface area contributed by atoms with E-state index in [1.807, 2.05) is 18.2 Å². The third kappa shape index (κ3) is 1.57. The zero-order valence-electron chi connectivity index (χ0n) is 7.09. The zero-order chi connectivity index (χ0) is 10.1. The molecule has 0 saturated heterocycles. The van der Waals surface area contributed by atoms with Crippen molar-refractivity contribution in [3.05, 3.63) is 33.8 Å². The quantitative estimate of drug-likeness (QED) is 0.735. The molecule has 1 heterocycles. The van der Waals surface area contributed by atoms with E-state index in [0.717, 1.165) is 16.3 Å². The first kappa shape index (κ1) is 9.74. The molecule has 2 nitrogen and oxygen atoms in total. The second-order valence-corrected chi connectivity index (χ2v) is 4.18. The summed E-state index contributed by atoms with van der Waals surface area (Å²) in [7, 11) is 0. The Morgan fingerprint density at radius 2 is 2.29 bits per heavy atom. The second kappa shape index (κ2) is 3.75. The van der Waals surface area contributed by atoms with Crippen molar-refractivity contribution in [2.24, 2.45) is 0 Å². The van der Waals surface area contributed by atoms with Crippen LogP contribution in [0.15, 0.2) is 28.2 Å². The maximum Gasteiger partial charge on any atom is 0.150 e. The lowest BCUT2D eigenvalue weighted by Gasteiger charge is -2.17. The lowest BCUT2D eigenvalue weighted by molar-refractivity contribution is -0.105. The fraction of sp³-hybridized carbons (Fsp3) is 0.100. The molecule has 4 heteroatoms. The Hall–Kier alpha value is -0.800. The van der Waals surface area contributed by atoms with Gasteiger partial charge in [-0.3, -0.25) is 4.79 Å². The summed E-state index contributed by atoms with van der Waals surface area (Å²) in [6.07, 6.45) is 0.728. The molecule has 0 amide bonds. The van der Waals surface area contributed by atoms with E-state index in [-0.39, 0.29) is 6.61 Å². The molecule has 0 radical (unpaired) electrons. The van der Waals surface area contributed by atoms with Crippen molar-refractivity contribution in [3.63, 3.8) is 0 Å². The van der Waals surface area contributed by atoms with Crippen molar-refractivity contribution < 1.29 is 9.53 Å². The molecule has 1 aliphatic rings.